The number of nitrogens with zero attached hydrogens (tertiary/aromatic N) is 3. The van der Waals surface area contributed by atoms with Gasteiger partial charge in [-0.2, -0.15) is 0 Å². The van der Waals surface area contributed by atoms with Crippen LogP contribution < -0.4 is 0 Å². The van der Waals surface area contributed by atoms with E-state index in [1.807, 2.05) is 6.07 Å². The Morgan fingerprint density at radius 2 is 2.28 bits per heavy atom. The molecule has 2 aromatic heterocycles. The van der Waals surface area contributed by atoms with Gasteiger partial charge in [-0.25, -0.2) is 4.98 Å². The molecule has 0 aliphatic carbocycles. The van der Waals surface area contributed by atoms with Crippen LogP contribution in [0.15, 0.2) is 18.5 Å². The summed E-state index contributed by atoms with van der Waals surface area (Å²) in [5.74, 6) is 0.511. The van der Waals surface area contributed by atoms with E-state index < -0.39 is 0 Å². The molecule has 2 aromatic rings. The van der Waals surface area contributed by atoms with E-state index in [2.05, 4.69) is 21.5 Å². The topological polar surface area (TPSA) is 57.0 Å². The number of carbonyl (C=O) groups is 1. The highest BCUT2D eigenvalue weighted by Gasteiger charge is 2.14. The Morgan fingerprint density at radius 1 is 1.44 bits per heavy atom. The summed E-state index contributed by atoms with van der Waals surface area (Å²) in [7, 11) is 0. The number of pyridine rings is 1. The molecule has 2 heterocycles. The number of ether oxygens (including phenoxy) is 1. The SMILES string of the molecule is CCCn1c(CC(=O)OCC)nc2cnccc21. The van der Waals surface area contributed by atoms with Crippen LogP contribution in [-0.4, -0.2) is 27.1 Å². The summed E-state index contributed by atoms with van der Waals surface area (Å²) in [4.78, 5) is 20.1. The van der Waals surface area contributed by atoms with E-state index in [0.29, 0.717) is 6.61 Å². The van der Waals surface area contributed by atoms with Gasteiger partial charge in [0.1, 0.15) is 17.8 Å². The van der Waals surface area contributed by atoms with Gasteiger partial charge in [0.2, 0.25) is 0 Å². The van der Waals surface area contributed by atoms with E-state index in [4.69, 9.17) is 4.74 Å². The number of esters is 1. The Hall–Kier alpha value is -1.91. The Morgan fingerprint density at radius 3 is 3.00 bits per heavy atom. The molecule has 96 valence electrons. The molecule has 0 aromatic carbocycles. The number of hydrogen-bond donors (Lipinski definition) is 0. The summed E-state index contributed by atoms with van der Waals surface area (Å²) < 4.78 is 7.03. The zero-order valence-electron chi connectivity index (χ0n) is 10.7. The van der Waals surface area contributed by atoms with Gasteiger partial charge in [-0.15, -0.1) is 0 Å². The fourth-order valence-electron chi connectivity index (χ4n) is 1.98. The number of fused-ring (bicyclic) bond motifs is 1. The van der Waals surface area contributed by atoms with E-state index in [-0.39, 0.29) is 12.4 Å². The number of aryl methyl sites for hydroxylation is 1. The van der Waals surface area contributed by atoms with E-state index >= 15 is 0 Å². The first-order valence-corrected chi connectivity index (χ1v) is 6.21. The molecular formula is C13H17N3O2. The summed E-state index contributed by atoms with van der Waals surface area (Å²) in [6.07, 6.45) is 4.66. The third kappa shape index (κ3) is 2.50. The largest absolute Gasteiger partial charge is 0.466 e. The van der Waals surface area contributed by atoms with Crippen molar-refractivity contribution in [2.75, 3.05) is 6.61 Å². The maximum absolute atomic E-state index is 11.6. The van der Waals surface area contributed by atoms with Crippen molar-refractivity contribution in [3.63, 3.8) is 0 Å². The Bertz CT molecular complexity index is 548. The Labute approximate surface area is 106 Å². The first kappa shape index (κ1) is 12.5. The number of carbonyl (C=O) groups excluding carboxylic acids is 1. The normalized spacial score (nSPS) is 10.8. The van der Waals surface area contributed by atoms with Gasteiger partial charge in [0, 0.05) is 12.7 Å². The van der Waals surface area contributed by atoms with Gasteiger partial charge in [0.25, 0.3) is 0 Å². The van der Waals surface area contributed by atoms with Crippen molar-refractivity contribution in [3.05, 3.63) is 24.3 Å². The summed E-state index contributed by atoms with van der Waals surface area (Å²) in [6, 6.07) is 1.92. The highest BCUT2D eigenvalue weighted by atomic mass is 16.5. The minimum Gasteiger partial charge on any atom is -0.466 e. The molecule has 0 aliphatic rings. The van der Waals surface area contributed by atoms with Crippen LogP contribution >= 0.6 is 0 Å². The van der Waals surface area contributed by atoms with Crippen LogP contribution in [0, 0.1) is 0 Å². The number of hydrogen-bond acceptors (Lipinski definition) is 4. The molecule has 0 N–H and O–H groups in total. The van der Waals surface area contributed by atoms with Gasteiger partial charge in [-0.3, -0.25) is 9.78 Å². The molecule has 0 saturated carbocycles. The van der Waals surface area contributed by atoms with Crippen LogP contribution in [0.3, 0.4) is 0 Å². The lowest BCUT2D eigenvalue weighted by atomic mass is 10.3. The summed E-state index contributed by atoms with van der Waals surface area (Å²) >= 11 is 0. The van der Waals surface area contributed by atoms with Crippen molar-refractivity contribution in [1.29, 1.82) is 0 Å². The molecule has 0 fully saturated rings. The van der Waals surface area contributed by atoms with Crippen LogP contribution in [0.1, 0.15) is 26.1 Å². The third-order valence-corrected chi connectivity index (χ3v) is 2.68. The molecule has 0 atom stereocenters. The smallest absolute Gasteiger partial charge is 0.313 e. The van der Waals surface area contributed by atoms with Gasteiger partial charge in [-0.1, -0.05) is 6.92 Å². The molecule has 0 amide bonds. The number of rotatable bonds is 5. The van der Waals surface area contributed by atoms with Crippen LogP contribution in [0.2, 0.25) is 0 Å². The maximum atomic E-state index is 11.6. The fraction of sp³-hybridized carbons (Fsp3) is 0.462. The lowest BCUT2D eigenvalue weighted by molar-refractivity contribution is -0.142. The second-order valence-corrected chi connectivity index (χ2v) is 4.03. The Balaban J connectivity index is 2.36. The molecule has 5 nitrogen and oxygen atoms in total. The third-order valence-electron chi connectivity index (χ3n) is 2.68. The van der Waals surface area contributed by atoms with Crippen LogP contribution in [0.4, 0.5) is 0 Å². The van der Waals surface area contributed by atoms with E-state index in [1.54, 1.807) is 19.3 Å². The lowest BCUT2D eigenvalue weighted by Gasteiger charge is -2.07. The number of aromatic nitrogens is 3. The summed E-state index contributed by atoms with van der Waals surface area (Å²) in [5.41, 5.74) is 1.84. The van der Waals surface area contributed by atoms with Crippen molar-refractivity contribution in [2.24, 2.45) is 0 Å². The molecule has 0 bridgehead atoms. The second kappa shape index (κ2) is 5.62. The van der Waals surface area contributed by atoms with Crippen molar-refractivity contribution in [1.82, 2.24) is 14.5 Å². The van der Waals surface area contributed by atoms with Crippen molar-refractivity contribution in [2.45, 2.75) is 33.2 Å². The molecule has 0 saturated heterocycles. The van der Waals surface area contributed by atoms with Gasteiger partial charge >= 0.3 is 5.97 Å². The maximum Gasteiger partial charge on any atom is 0.313 e. The van der Waals surface area contributed by atoms with Gasteiger partial charge < -0.3 is 9.30 Å². The zero-order chi connectivity index (χ0) is 13.0. The molecule has 5 heteroatoms. The molecule has 0 radical (unpaired) electrons. The minimum atomic E-state index is -0.238. The summed E-state index contributed by atoms with van der Waals surface area (Å²) in [6.45, 7) is 5.14. The predicted molar refractivity (Wildman–Crippen MR) is 68.2 cm³/mol. The first-order chi connectivity index (χ1) is 8.76. The highest BCUT2D eigenvalue weighted by molar-refractivity contribution is 5.77. The average molecular weight is 247 g/mol. The number of imidazole rings is 1. The first-order valence-electron chi connectivity index (χ1n) is 6.21. The van der Waals surface area contributed by atoms with Crippen molar-refractivity contribution in [3.8, 4) is 0 Å². The highest BCUT2D eigenvalue weighted by Crippen LogP contribution is 2.16. The molecule has 2 rings (SSSR count). The lowest BCUT2D eigenvalue weighted by Crippen LogP contribution is -2.12. The predicted octanol–water partition coefficient (Wildman–Crippen LogP) is 1.95. The van der Waals surface area contributed by atoms with Gasteiger partial charge in [0.05, 0.1) is 18.3 Å². The van der Waals surface area contributed by atoms with E-state index in [9.17, 15) is 4.79 Å². The van der Waals surface area contributed by atoms with Crippen LogP contribution in [0.5, 0.6) is 0 Å². The Kier molecular flexibility index (Phi) is 3.92. The molecule has 0 unspecified atom stereocenters. The van der Waals surface area contributed by atoms with Crippen molar-refractivity contribution < 1.29 is 9.53 Å². The fourth-order valence-corrected chi connectivity index (χ4v) is 1.98. The minimum absolute atomic E-state index is 0.211. The zero-order valence-corrected chi connectivity index (χ0v) is 10.7. The molecule has 18 heavy (non-hydrogen) atoms. The second-order valence-electron chi connectivity index (χ2n) is 4.03. The van der Waals surface area contributed by atoms with Gasteiger partial charge in [-0.05, 0) is 19.4 Å². The quantitative estimate of drug-likeness (QED) is 0.758. The molecule has 0 aliphatic heterocycles. The standard InChI is InChI=1S/C13H17N3O2/c1-3-7-16-11-5-6-14-9-10(11)15-12(16)8-13(17)18-4-2/h5-6,9H,3-4,7-8H2,1-2H3. The van der Waals surface area contributed by atoms with Crippen LogP contribution in [0.25, 0.3) is 11.0 Å². The van der Waals surface area contributed by atoms with Crippen molar-refractivity contribution >= 4 is 17.0 Å². The van der Waals surface area contributed by atoms with Gasteiger partial charge in [0.15, 0.2) is 0 Å². The van der Waals surface area contributed by atoms with Crippen LogP contribution in [-0.2, 0) is 22.5 Å². The monoisotopic (exact) mass is 247 g/mol. The summed E-state index contributed by atoms with van der Waals surface area (Å²) in [5, 5.41) is 0. The molecular weight excluding hydrogens is 230 g/mol. The average Bonchev–Trinajstić information content (AvgIpc) is 2.68. The molecule has 0 spiro atoms. The van der Waals surface area contributed by atoms with E-state index in [1.165, 1.54) is 0 Å². The van der Waals surface area contributed by atoms with E-state index in [0.717, 1.165) is 29.8 Å².